The van der Waals surface area contributed by atoms with E-state index in [1.807, 2.05) is 6.92 Å². The van der Waals surface area contributed by atoms with Crippen LogP contribution in [0.15, 0.2) is 18.2 Å². The molecule has 0 aliphatic heterocycles. The molecular weight excluding hydrogens is 166 g/mol. The lowest BCUT2D eigenvalue weighted by molar-refractivity contribution is 0.403. The van der Waals surface area contributed by atoms with Crippen LogP contribution in [0.5, 0.6) is 11.5 Å². The van der Waals surface area contributed by atoms with Crippen LogP contribution in [0.25, 0.3) is 0 Å². The zero-order valence-electron chi connectivity index (χ0n) is 7.36. The minimum absolute atomic E-state index is 0.156. The third kappa shape index (κ3) is 1.91. The van der Waals surface area contributed by atoms with Gasteiger partial charge in [0.1, 0.15) is 0 Å². The maximum atomic E-state index is 9.18. The summed E-state index contributed by atoms with van der Waals surface area (Å²) in [5, 5.41) is 27.0. The third-order valence-corrected chi connectivity index (χ3v) is 1.97. The molecule has 0 aliphatic rings. The van der Waals surface area contributed by atoms with Crippen LogP contribution in [0.3, 0.4) is 0 Å². The molecule has 0 heterocycles. The van der Waals surface area contributed by atoms with Gasteiger partial charge in [0.2, 0.25) is 0 Å². The molecule has 2 N–H and O–H groups in total. The molecule has 0 radical (unpaired) electrons. The molecule has 1 rings (SSSR count). The van der Waals surface area contributed by atoms with E-state index in [1.54, 1.807) is 6.07 Å². The van der Waals surface area contributed by atoms with E-state index < -0.39 is 0 Å². The normalized spacial score (nSPS) is 12.0. The summed E-state index contributed by atoms with van der Waals surface area (Å²) >= 11 is 0. The molecule has 0 saturated heterocycles. The third-order valence-electron chi connectivity index (χ3n) is 1.97. The van der Waals surface area contributed by atoms with Gasteiger partial charge in [-0.3, -0.25) is 0 Å². The number of hydrogen-bond donors (Lipinski definition) is 2. The summed E-state index contributed by atoms with van der Waals surface area (Å²) < 4.78 is 0. The molecule has 0 fully saturated rings. The molecular formula is C10H11NO2. The summed E-state index contributed by atoms with van der Waals surface area (Å²) in [5.41, 5.74) is 0.736. The molecule has 0 saturated carbocycles. The summed E-state index contributed by atoms with van der Waals surface area (Å²) in [5.74, 6) is -0.547. The average molecular weight is 177 g/mol. The van der Waals surface area contributed by atoms with Crippen LogP contribution < -0.4 is 0 Å². The Hall–Kier alpha value is -1.69. The molecule has 0 bridgehead atoms. The van der Waals surface area contributed by atoms with Crippen molar-refractivity contribution in [1.82, 2.24) is 0 Å². The second kappa shape index (κ2) is 3.81. The number of benzene rings is 1. The van der Waals surface area contributed by atoms with Crippen molar-refractivity contribution in [3.63, 3.8) is 0 Å². The number of nitrogens with zero attached hydrogens (tertiary/aromatic N) is 1. The van der Waals surface area contributed by atoms with Gasteiger partial charge in [-0.05, 0) is 24.1 Å². The summed E-state index contributed by atoms with van der Waals surface area (Å²) in [6.07, 6.45) is 0.695. The summed E-state index contributed by atoms with van der Waals surface area (Å²) in [6, 6.07) is 6.58. The summed E-state index contributed by atoms with van der Waals surface area (Å²) in [7, 11) is 0. The van der Waals surface area contributed by atoms with Crippen LogP contribution in [-0.4, -0.2) is 10.2 Å². The number of nitriles is 1. The van der Waals surface area contributed by atoms with Gasteiger partial charge < -0.3 is 10.2 Å². The maximum Gasteiger partial charge on any atom is 0.157 e. The number of hydrogen-bond acceptors (Lipinski definition) is 3. The van der Waals surface area contributed by atoms with E-state index in [1.165, 1.54) is 12.1 Å². The van der Waals surface area contributed by atoms with E-state index in [4.69, 9.17) is 10.4 Å². The predicted molar refractivity (Wildman–Crippen MR) is 48.4 cm³/mol. The highest BCUT2D eigenvalue weighted by atomic mass is 16.3. The zero-order chi connectivity index (χ0) is 9.84. The molecule has 68 valence electrons. The largest absolute Gasteiger partial charge is 0.504 e. The molecule has 0 aromatic heterocycles. The Balaban J connectivity index is 3.04. The van der Waals surface area contributed by atoms with Crippen molar-refractivity contribution < 1.29 is 10.2 Å². The monoisotopic (exact) mass is 177 g/mol. The Kier molecular flexibility index (Phi) is 2.76. The van der Waals surface area contributed by atoms with E-state index in [-0.39, 0.29) is 17.4 Å². The lowest BCUT2D eigenvalue weighted by Crippen LogP contribution is -1.92. The predicted octanol–water partition coefficient (Wildman–Crippen LogP) is 2.11. The fourth-order valence-electron chi connectivity index (χ4n) is 1.16. The first-order valence-corrected chi connectivity index (χ1v) is 4.10. The van der Waals surface area contributed by atoms with E-state index in [0.29, 0.717) is 6.42 Å². The SMILES string of the molecule is CCC(C#N)c1ccc(O)c(O)c1. The number of phenolic OH excluding ortho intramolecular Hbond substituents is 2. The van der Waals surface area contributed by atoms with Crippen LogP contribution in [-0.2, 0) is 0 Å². The topological polar surface area (TPSA) is 64.2 Å². The average Bonchev–Trinajstić information content (AvgIpc) is 2.13. The Morgan fingerprint density at radius 3 is 2.54 bits per heavy atom. The lowest BCUT2D eigenvalue weighted by Gasteiger charge is -2.06. The van der Waals surface area contributed by atoms with Crippen molar-refractivity contribution in [1.29, 1.82) is 5.26 Å². The highest BCUT2D eigenvalue weighted by Gasteiger charge is 2.09. The van der Waals surface area contributed by atoms with Gasteiger partial charge in [0, 0.05) is 0 Å². The molecule has 1 unspecified atom stereocenters. The van der Waals surface area contributed by atoms with Crippen molar-refractivity contribution in [3.8, 4) is 17.6 Å². The standard InChI is InChI=1S/C10H11NO2/c1-2-7(6-11)8-3-4-9(12)10(13)5-8/h3-5,7,12-13H,2H2,1H3. The van der Waals surface area contributed by atoms with Crippen LogP contribution >= 0.6 is 0 Å². The fraction of sp³-hybridized carbons (Fsp3) is 0.300. The minimum Gasteiger partial charge on any atom is -0.504 e. The molecule has 0 aliphatic carbocycles. The van der Waals surface area contributed by atoms with E-state index in [9.17, 15) is 5.11 Å². The van der Waals surface area contributed by atoms with Crippen LogP contribution in [0, 0.1) is 11.3 Å². The molecule has 1 atom stereocenters. The molecule has 3 heteroatoms. The Labute approximate surface area is 76.9 Å². The van der Waals surface area contributed by atoms with Crippen molar-refractivity contribution in [2.24, 2.45) is 0 Å². The second-order valence-electron chi connectivity index (χ2n) is 2.84. The number of rotatable bonds is 2. The van der Waals surface area contributed by atoms with Gasteiger partial charge in [-0.1, -0.05) is 13.0 Å². The van der Waals surface area contributed by atoms with Gasteiger partial charge in [-0.15, -0.1) is 0 Å². The maximum absolute atomic E-state index is 9.18. The van der Waals surface area contributed by atoms with E-state index in [2.05, 4.69) is 6.07 Å². The second-order valence-corrected chi connectivity index (χ2v) is 2.84. The molecule has 0 amide bonds. The van der Waals surface area contributed by atoms with Crippen LogP contribution in [0.4, 0.5) is 0 Å². The highest BCUT2D eigenvalue weighted by Crippen LogP contribution is 2.29. The number of aromatic hydroxyl groups is 2. The van der Waals surface area contributed by atoms with Crippen LogP contribution in [0.2, 0.25) is 0 Å². The van der Waals surface area contributed by atoms with E-state index >= 15 is 0 Å². The lowest BCUT2D eigenvalue weighted by atomic mass is 9.98. The number of phenols is 2. The molecule has 0 spiro atoms. The first kappa shape index (κ1) is 9.40. The Morgan fingerprint density at radius 2 is 2.08 bits per heavy atom. The van der Waals surface area contributed by atoms with Gasteiger partial charge >= 0.3 is 0 Å². The quantitative estimate of drug-likeness (QED) is 0.680. The first-order valence-electron chi connectivity index (χ1n) is 4.10. The van der Waals surface area contributed by atoms with Crippen molar-refractivity contribution in [3.05, 3.63) is 23.8 Å². The smallest absolute Gasteiger partial charge is 0.157 e. The van der Waals surface area contributed by atoms with Gasteiger partial charge in [-0.2, -0.15) is 5.26 Å². The Bertz CT molecular complexity index is 341. The zero-order valence-corrected chi connectivity index (χ0v) is 7.36. The molecule has 3 nitrogen and oxygen atoms in total. The van der Waals surface area contributed by atoms with Crippen LogP contribution in [0.1, 0.15) is 24.8 Å². The van der Waals surface area contributed by atoms with Gasteiger partial charge in [0.25, 0.3) is 0 Å². The van der Waals surface area contributed by atoms with E-state index in [0.717, 1.165) is 5.56 Å². The summed E-state index contributed by atoms with van der Waals surface area (Å²) in [4.78, 5) is 0. The molecule has 13 heavy (non-hydrogen) atoms. The first-order chi connectivity index (χ1) is 6.19. The Morgan fingerprint density at radius 1 is 1.38 bits per heavy atom. The summed E-state index contributed by atoms with van der Waals surface area (Å²) in [6.45, 7) is 1.90. The highest BCUT2D eigenvalue weighted by molar-refractivity contribution is 5.42. The molecule has 1 aromatic carbocycles. The van der Waals surface area contributed by atoms with Crippen molar-refractivity contribution in [2.45, 2.75) is 19.3 Å². The van der Waals surface area contributed by atoms with Crippen molar-refractivity contribution in [2.75, 3.05) is 0 Å². The molecule has 1 aromatic rings. The van der Waals surface area contributed by atoms with Gasteiger partial charge in [0.05, 0.1) is 12.0 Å². The fourth-order valence-corrected chi connectivity index (χ4v) is 1.16. The minimum atomic E-state index is -0.216. The van der Waals surface area contributed by atoms with Crippen molar-refractivity contribution >= 4 is 0 Å². The van der Waals surface area contributed by atoms with Gasteiger partial charge in [-0.25, -0.2) is 0 Å². The van der Waals surface area contributed by atoms with Gasteiger partial charge in [0.15, 0.2) is 11.5 Å².